The molecule has 2 N–H and O–H groups in total. The lowest BCUT2D eigenvalue weighted by atomic mass is 10.1. The Morgan fingerprint density at radius 1 is 1.24 bits per heavy atom. The monoisotopic (exact) mass is 337 g/mol. The van der Waals surface area contributed by atoms with E-state index in [1.54, 1.807) is 18.2 Å². The van der Waals surface area contributed by atoms with Crippen molar-refractivity contribution in [2.45, 2.75) is 40.2 Å². The van der Waals surface area contributed by atoms with E-state index in [0.29, 0.717) is 5.69 Å². The molecule has 2 aromatic rings. The molecule has 0 aliphatic carbocycles. The van der Waals surface area contributed by atoms with Crippen LogP contribution in [-0.4, -0.2) is 15.6 Å². The van der Waals surface area contributed by atoms with Crippen LogP contribution in [0.4, 0.5) is 5.69 Å². The maximum Gasteiger partial charge on any atom is 0.266 e. The van der Waals surface area contributed by atoms with Gasteiger partial charge < -0.3 is 15.0 Å². The minimum absolute atomic E-state index is 0.0298. The highest BCUT2D eigenvalue weighted by molar-refractivity contribution is 6.09. The molecule has 0 radical (unpaired) electrons. The van der Waals surface area contributed by atoms with Gasteiger partial charge in [-0.15, -0.1) is 0 Å². The van der Waals surface area contributed by atoms with Gasteiger partial charge in [-0.05, 0) is 76.6 Å². The summed E-state index contributed by atoms with van der Waals surface area (Å²) in [6, 6.07) is 10.0. The standard InChI is InChI=1S/C20H23N3O2/c1-13-10-15(14(2)23(13)20(3,4)5)11-16(12-21)19(25)22-17-6-8-18(24)9-7-17/h6-11,24H,1-5H3,(H,22,25)/b16-11-. The quantitative estimate of drug-likeness (QED) is 0.502. The van der Waals surface area contributed by atoms with E-state index in [1.807, 2.05) is 26.0 Å². The second-order valence-corrected chi connectivity index (χ2v) is 7.00. The Kier molecular flexibility index (Phi) is 5.03. The number of nitriles is 1. The summed E-state index contributed by atoms with van der Waals surface area (Å²) in [4.78, 5) is 12.4. The molecule has 0 unspecified atom stereocenters. The van der Waals surface area contributed by atoms with Crippen molar-refractivity contribution in [1.29, 1.82) is 5.26 Å². The van der Waals surface area contributed by atoms with Gasteiger partial charge in [0, 0.05) is 22.6 Å². The molecule has 130 valence electrons. The highest BCUT2D eigenvalue weighted by Crippen LogP contribution is 2.26. The van der Waals surface area contributed by atoms with Crippen molar-refractivity contribution >= 4 is 17.7 Å². The van der Waals surface area contributed by atoms with Crippen molar-refractivity contribution in [2.24, 2.45) is 0 Å². The average molecular weight is 337 g/mol. The molecule has 2 rings (SSSR count). The summed E-state index contributed by atoms with van der Waals surface area (Å²) in [5.41, 5.74) is 3.40. The predicted octanol–water partition coefficient (Wildman–Crippen LogP) is 4.11. The number of rotatable bonds is 3. The molecule has 25 heavy (non-hydrogen) atoms. The Morgan fingerprint density at radius 2 is 1.84 bits per heavy atom. The van der Waals surface area contributed by atoms with Crippen molar-refractivity contribution < 1.29 is 9.90 Å². The van der Waals surface area contributed by atoms with E-state index in [9.17, 15) is 15.2 Å². The molecular weight excluding hydrogens is 314 g/mol. The zero-order valence-electron chi connectivity index (χ0n) is 15.2. The summed E-state index contributed by atoms with van der Waals surface area (Å²) in [5, 5.41) is 21.3. The number of aromatic hydroxyl groups is 1. The van der Waals surface area contributed by atoms with Crippen molar-refractivity contribution in [3.05, 3.63) is 52.9 Å². The van der Waals surface area contributed by atoms with Crippen molar-refractivity contribution in [1.82, 2.24) is 4.57 Å². The van der Waals surface area contributed by atoms with Gasteiger partial charge in [0.1, 0.15) is 17.4 Å². The van der Waals surface area contributed by atoms with E-state index in [0.717, 1.165) is 17.0 Å². The van der Waals surface area contributed by atoms with E-state index in [4.69, 9.17) is 0 Å². The molecule has 1 aromatic heterocycles. The first-order valence-corrected chi connectivity index (χ1v) is 8.05. The van der Waals surface area contributed by atoms with Crippen LogP contribution >= 0.6 is 0 Å². The molecule has 0 bridgehead atoms. The predicted molar refractivity (Wildman–Crippen MR) is 99.2 cm³/mol. The van der Waals surface area contributed by atoms with Gasteiger partial charge in [-0.25, -0.2) is 0 Å². The van der Waals surface area contributed by atoms with Gasteiger partial charge in [0.25, 0.3) is 5.91 Å². The molecule has 1 amide bonds. The number of benzene rings is 1. The molecule has 5 heteroatoms. The van der Waals surface area contributed by atoms with Crippen molar-refractivity contribution in [2.75, 3.05) is 5.32 Å². The fraction of sp³-hybridized carbons (Fsp3) is 0.300. The topological polar surface area (TPSA) is 78.1 Å². The smallest absolute Gasteiger partial charge is 0.266 e. The molecule has 0 aliphatic rings. The number of anilines is 1. The summed E-state index contributed by atoms with van der Waals surface area (Å²) in [6.07, 6.45) is 1.61. The van der Waals surface area contributed by atoms with E-state index in [-0.39, 0.29) is 16.9 Å². The Labute approximate surface area is 148 Å². The number of hydrogen-bond acceptors (Lipinski definition) is 3. The first kappa shape index (κ1) is 18.3. The summed E-state index contributed by atoms with van der Waals surface area (Å²) in [5.74, 6) is -0.364. The van der Waals surface area contributed by atoms with Gasteiger partial charge in [0.2, 0.25) is 0 Å². The van der Waals surface area contributed by atoms with E-state index >= 15 is 0 Å². The SMILES string of the molecule is Cc1cc(/C=C(/C#N)C(=O)Nc2ccc(O)cc2)c(C)n1C(C)(C)C. The largest absolute Gasteiger partial charge is 0.508 e. The van der Waals surface area contributed by atoms with Gasteiger partial charge >= 0.3 is 0 Å². The van der Waals surface area contributed by atoms with Crippen LogP contribution in [0.25, 0.3) is 6.08 Å². The third-order valence-electron chi connectivity index (χ3n) is 3.93. The van der Waals surface area contributed by atoms with Gasteiger partial charge in [0.15, 0.2) is 0 Å². The van der Waals surface area contributed by atoms with Crippen LogP contribution in [0.1, 0.15) is 37.7 Å². The molecular formula is C20H23N3O2. The van der Waals surface area contributed by atoms with Crippen LogP contribution in [0, 0.1) is 25.2 Å². The third kappa shape index (κ3) is 4.10. The molecule has 0 aliphatic heterocycles. The molecule has 0 saturated carbocycles. The number of aryl methyl sites for hydroxylation is 1. The van der Waals surface area contributed by atoms with Crippen molar-refractivity contribution in [3.8, 4) is 11.8 Å². The number of carbonyl (C=O) groups excluding carboxylic acids is 1. The van der Waals surface area contributed by atoms with Crippen LogP contribution in [0.15, 0.2) is 35.9 Å². The Bertz CT molecular complexity index is 860. The normalized spacial score (nSPS) is 11.9. The van der Waals surface area contributed by atoms with Gasteiger partial charge in [0.05, 0.1) is 0 Å². The van der Waals surface area contributed by atoms with Crippen LogP contribution < -0.4 is 5.32 Å². The number of nitrogens with one attached hydrogen (secondary N) is 1. The lowest BCUT2D eigenvalue weighted by Gasteiger charge is -2.25. The maximum atomic E-state index is 12.4. The second-order valence-electron chi connectivity index (χ2n) is 7.00. The highest BCUT2D eigenvalue weighted by Gasteiger charge is 2.20. The minimum atomic E-state index is -0.478. The van der Waals surface area contributed by atoms with Gasteiger partial charge in [-0.1, -0.05) is 0 Å². The van der Waals surface area contributed by atoms with E-state index in [1.165, 1.54) is 12.1 Å². The summed E-state index contributed by atoms with van der Waals surface area (Å²) < 4.78 is 2.19. The molecule has 0 atom stereocenters. The lowest BCUT2D eigenvalue weighted by molar-refractivity contribution is -0.112. The zero-order chi connectivity index (χ0) is 18.8. The van der Waals surface area contributed by atoms with Crippen LogP contribution in [-0.2, 0) is 10.3 Å². The number of nitrogens with zero attached hydrogens (tertiary/aromatic N) is 2. The van der Waals surface area contributed by atoms with Crippen molar-refractivity contribution in [3.63, 3.8) is 0 Å². The molecule has 0 fully saturated rings. The number of phenols is 1. The summed E-state index contributed by atoms with van der Waals surface area (Å²) >= 11 is 0. The van der Waals surface area contributed by atoms with Gasteiger partial charge in [-0.3, -0.25) is 4.79 Å². The number of amides is 1. The minimum Gasteiger partial charge on any atom is -0.508 e. The lowest BCUT2D eigenvalue weighted by Crippen LogP contribution is -2.24. The first-order chi connectivity index (χ1) is 11.6. The summed E-state index contributed by atoms with van der Waals surface area (Å²) in [7, 11) is 0. The zero-order valence-corrected chi connectivity index (χ0v) is 15.2. The number of aromatic nitrogens is 1. The van der Waals surface area contributed by atoms with E-state index < -0.39 is 5.91 Å². The number of hydrogen-bond donors (Lipinski definition) is 2. The Hall–Kier alpha value is -3.00. The van der Waals surface area contributed by atoms with Gasteiger partial charge in [-0.2, -0.15) is 5.26 Å². The third-order valence-corrected chi connectivity index (χ3v) is 3.93. The maximum absolute atomic E-state index is 12.4. The van der Waals surface area contributed by atoms with Crippen LogP contribution in [0.5, 0.6) is 5.75 Å². The summed E-state index contributed by atoms with van der Waals surface area (Å²) in [6.45, 7) is 10.3. The fourth-order valence-electron chi connectivity index (χ4n) is 3.01. The average Bonchev–Trinajstić information content (AvgIpc) is 2.80. The molecule has 0 saturated heterocycles. The number of carbonyl (C=O) groups is 1. The Balaban J connectivity index is 2.33. The molecule has 1 aromatic carbocycles. The Morgan fingerprint density at radius 3 is 2.32 bits per heavy atom. The van der Waals surface area contributed by atoms with Crippen LogP contribution in [0.3, 0.4) is 0 Å². The second kappa shape index (κ2) is 6.86. The first-order valence-electron chi connectivity index (χ1n) is 8.05. The number of phenolic OH excluding ortho intramolecular Hbond substituents is 1. The highest BCUT2D eigenvalue weighted by atomic mass is 16.3. The molecule has 0 spiro atoms. The fourth-order valence-corrected chi connectivity index (χ4v) is 3.01. The molecule has 5 nitrogen and oxygen atoms in total. The van der Waals surface area contributed by atoms with Crippen LogP contribution in [0.2, 0.25) is 0 Å². The van der Waals surface area contributed by atoms with E-state index in [2.05, 4.69) is 30.7 Å². The molecule has 1 heterocycles.